The zero-order valence-corrected chi connectivity index (χ0v) is 20.2. The number of H-pyrrole nitrogens is 1. The first-order valence-electron chi connectivity index (χ1n) is 11.6. The number of hydrogen-bond donors (Lipinski definition) is 2. The number of carbonyl (C=O) groups excluding carboxylic acids is 1. The molecule has 0 aliphatic heterocycles. The third-order valence-corrected chi connectivity index (χ3v) is 7.05. The fourth-order valence-corrected chi connectivity index (χ4v) is 5.05. The van der Waals surface area contributed by atoms with Gasteiger partial charge in [-0.15, -0.1) is 0 Å². The summed E-state index contributed by atoms with van der Waals surface area (Å²) in [4.78, 5) is 12.9. The molecule has 0 radical (unpaired) electrons. The van der Waals surface area contributed by atoms with Gasteiger partial charge in [0.25, 0.3) is 0 Å². The molecule has 1 aromatic heterocycles. The van der Waals surface area contributed by atoms with Crippen LogP contribution in [0.4, 0.5) is 0 Å². The number of aryl methyl sites for hydroxylation is 1. The van der Waals surface area contributed by atoms with Gasteiger partial charge in [-0.05, 0) is 61.8 Å². The molecule has 1 amide bonds. The first kappa shape index (κ1) is 23.2. The first-order chi connectivity index (χ1) is 16.0. The molecule has 2 aromatic carbocycles. The van der Waals surface area contributed by atoms with Crippen LogP contribution in [0.15, 0.2) is 48.5 Å². The van der Waals surface area contributed by atoms with Gasteiger partial charge in [-0.25, -0.2) is 0 Å². The van der Waals surface area contributed by atoms with Crippen molar-refractivity contribution in [1.29, 1.82) is 0 Å². The zero-order chi connectivity index (χ0) is 23.3. The Balaban J connectivity index is 1.42. The van der Waals surface area contributed by atoms with Crippen LogP contribution in [0.1, 0.15) is 49.7 Å². The third-order valence-electron chi connectivity index (χ3n) is 6.73. The van der Waals surface area contributed by atoms with E-state index in [-0.39, 0.29) is 11.3 Å². The van der Waals surface area contributed by atoms with Gasteiger partial charge >= 0.3 is 0 Å². The Morgan fingerprint density at radius 1 is 1.18 bits per heavy atom. The predicted molar refractivity (Wildman–Crippen MR) is 133 cm³/mol. The van der Waals surface area contributed by atoms with E-state index in [1.807, 2.05) is 28.8 Å². The molecular weight excluding hydrogens is 432 g/mol. The van der Waals surface area contributed by atoms with Crippen LogP contribution in [0.5, 0.6) is 5.75 Å². The van der Waals surface area contributed by atoms with Gasteiger partial charge in [-0.2, -0.15) is 5.10 Å². The van der Waals surface area contributed by atoms with Gasteiger partial charge in [0.05, 0.1) is 7.11 Å². The highest BCUT2D eigenvalue weighted by atomic mass is 32.1. The molecule has 6 nitrogen and oxygen atoms in total. The maximum Gasteiger partial charge on any atom is 0.221 e. The van der Waals surface area contributed by atoms with Gasteiger partial charge in [0.2, 0.25) is 5.91 Å². The number of rotatable bonds is 8. The molecule has 1 saturated carbocycles. The summed E-state index contributed by atoms with van der Waals surface area (Å²) in [6.45, 7) is 3.28. The molecule has 1 aliphatic rings. The molecule has 0 atom stereocenters. The second-order valence-corrected chi connectivity index (χ2v) is 9.36. The minimum Gasteiger partial charge on any atom is -0.497 e. The fraction of sp³-hybridized carbons (Fsp3) is 0.423. The van der Waals surface area contributed by atoms with E-state index in [1.165, 1.54) is 30.4 Å². The number of aromatic nitrogens is 3. The molecule has 2 N–H and O–H groups in total. The summed E-state index contributed by atoms with van der Waals surface area (Å²) in [7, 11) is 1.64. The molecule has 0 bridgehead atoms. The van der Waals surface area contributed by atoms with Gasteiger partial charge in [0.15, 0.2) is 10.6 Å². The topological polar surface area (TPSA) is 71.9 Å². The monoisotopic (exact) mass is 464 g/mol. The summed E-state index contributed by atoms with van der Waals surface area (Å²) < 4.78 is 7.63. The average Bonchev–Trinajstić information content (AvgIpc) is 3.22. The van der Waals surface area contributed by atoms with E-state index in [9.17, 15) is 4.79 Å². The van der Waals surface area contributed by atoms with Gasteiger partial charge in [0, 0.05) is 30.5 Å². The van der Waals surface area contributed by atoms with Crippen LogP contribution in [0.3, 0.4) is 0 Å². The van der Waals surface area contributed by atoms with Crippen LogP contribution >= 0.6 is 12.2 Å². The van der Waals surface area contributed by atoms with E-state index in [2.05, 4.69) is 46.7 Å². The van der Waals surface area contributed by atoms with Crippen molar-refractivity contribution >= 4 is 18.1 Å². The number of aromatic amines is 1. The van der Waals surface area contributed by atoms with Crippen molar-refractivity contribution in [3.63, 3.8) is 0 Å². The third kappa shape index (κ3) is 5.36. The molecule has 0 saturated heterocycles. The molecule has 0 unspecified atom stereocenters. The van der Waals surface area contributed by atoms with Crippen molar-refractivity contribution in [3.05, 3.63) is 64.4 Å². The molecule has 1 fully saturated rings. The van der Waals surface area contributed by atoms with Crippen molar-refractivity contribution in [2.75, 3.05) is 13.7 Å². The summed E-state index contributed by atoms with van der Waals surface area (Å²) in [6, 6.07) is 16.4. The van der Waals surface area contributed by atoms with E-state index in [1.54, 1.807) is 7.11 Å². The van der Waals surface area contributed by atoms with Gasteiger partial charge in [-0.1, -0.05) is 49.1 Å². The highest BCUT2D eigenvalue weighted by Gasteiger charge is 2.34. The van der Waals surface area contributed by atoms with Crippen molar-refractivity contribution in [2.24, 2.45) is 0 Å². The van der Waals surface area contributed by atoms with E-state index in [0.29, 0.717) is 24.3 Å². The molecular formula is C26H32N4O2S. The van der Waals surface area contributed by atoms with Crippen molar-refractivity contribution in [1.82, 2.24) is 20.1 Å². The van der Waals surface area contributed by atoms with Crippen LogP contribution in [0.25, 0.3) is 11.4 Å². The van der Waals surface area contributed by atoms with Gasteiger partial charge in [-0.3, -0.25) is 14.5 Å². The molecule has 0 spiro atoms. The van der Waals surface area contributed by atoms with E-state index in [4.69, 9.17) is 17.0 Å². The Kier molecular flexibility index (Phi) is 7.28. The lowest BCUT2D eigenvalue weighted by Gasteiger charge is -2.38. The normalized spacial score (nSPS) is 15.2. The van der Waals surface area contributed by atoms with E-state index < -0.39 is 0 Å². The van der Waals surface area contributed by atoms with Crippen LogP contribution in [0.2, 0.25) is 0 Å². The first-order valence-corrected chi connectivity index (χ1v) is 12.1. The number of carbonyl (C=O) groups is 1. The molecule has 3 aromatic rings. The van der Waals surface area contributed by atoms with Crippen molar-refractivity contribution in [3.8, 4) is 17.1 Å². The lowest BCUT2D eigenvalue weighted by molar-refractivity contribution is -0.121. The lowest BCUT2D eigenvalue weighted by Crippen LogP contribution is -2.42. The smallest absolute Gasteiger partial charge is 0.221 e. The average molecular weight is 465 g/mol. The number of nitrogens with one attached hydrogen (secondary N) is 2. The maximum atomic E-state index is 12.9. The quantitative estimate of drug-likeness (QED) is 0.442. The van der Waals surface area contributed by atoms with Crippen LogP contribution in [-0.4, -0.2) is 34.3 Å². The van der Waals surface area contributed by atoms with Crippen molar-refractivity contribution in [2.45, 2.75) is 57.4 Å². The Hall–Kier alpha value is -2.93. The number of methoxy groups -OCH3 is 1. The van der Waals surface area contributed by atoms with Crippen LogP contribution in [0, 0.1) is 11.7 Å². The summed E-state index contributed by atoms with van der Waals surface area (Å²) in [6.07, 6.45) is 6.27. The molecule has 174 valence electrons. The summed E-state index contributed by atoms with van der Waals surface area (Å²) in [5.41, 5.74) is 3.56. The standard InChI is InChI=1S/C26H32N4O2S/c1-19-7-6-8-21(17-19)26(14-4-3-5-15-26)18-27-23(31)13-16-30-24(28-29-25(30)33)20-9-11-22(32-2)12-10-20/h6-12,17H,3-5,13-16,18H2,1-2H3,(H,27,31)(H,29,33). The second kappa shape index (κ2) is 10.3. The molecule has 1 aliphatic carbocycles. The van der Waals surface area contributed by atoms with E-state index in [0.717, 1.165) is 30.0 Å². The maximum absolute atomic E-state index is 12.9. The Morgan fingerprint density at radius 3 is 2.64 bits per heavy atom. The number of ether oxygens (including phenoxy) is 1. The number of nitrogens with zero attached hydrogens (tertiary/aromatic N) is 2. The zero-order valence-electron chi connectivity index (χ0n) is 19.4. The van der Waals surface area contributed by atoms with E-state index >= 15 is 0 Å². The van der Waals surface area contributed by atoms with Crippen LogP contribution < -0.4 is 10.1 Å². The largest absolute Gasteiger partial charge is 0.497 e. The molecule has 4 rings (SSSR count). The minimum atomic E-state index is 0.0279. The molecule has 7 heteroatoms. The SMILES string of the molecule is COc1ccc(-c2n[nH]c(=S)n2CCC(=O)NCC2(c3cccc(C)c3)CCCCC2)cc1. The Labute approximate surface area is 200 Å². The summed E-state index contributed by atoms with van der Waals surface area (Å²) in [5, 5.41) is 10.5. The van der Waals surface area contributed by atoms with Gasteiger partial charge in [0.1, 0.15) is 5.75 Å². The number of amides is 1. The minimum absolute atomic E-state index is 0.0279. The molecule has 1 heterocycles. The Bertz CT molecular complexity index is 1140. The summed E-state index contributed by atoms with van der Waals surface area (Å²) >= 11 is 5.42. The highest BCUT2D eigenvalue weighted by molar-refractivity contribution is 7.71. The Morgan fingerprint density at radius 2 is 1.94 bits per heavy atom. The van der Waals surface area contributed by atoms with Crippen LogP contribution in [-0.2, 0) is 16.8 Å². The van der Waals surface area contributed by atoms with Crippen molar-refractivity contribution < 1.29 is 9.53 Å². The van der Waals surface area contributed by atoms with Gasteiger partial charge < -0.3 is 10.1 Å². The second-order valence-electron chi connectivity index (χ2n) is 8.97. The lowest BCUT2D eigenvalue weighted by atomic mass is 9.69. The predicted octanol–water partition coefficient (Wildman–Crippen LogP) is 5.33. The highest BCUT2D eigenvalue weighted by Crippen LogP contribution is 2.39. The number of benzene rings is 2. The number of hydrogen-bond acceptors (Lipinski definition) is 4. The summed E-state index contributed by atoms with van der Waals surface area (Å²) in [5.74, 6) is 1.54. The molecule has 33 heavy (non-hydrogen) atoms. The fourth-order valence-electron chi connectivity index (χ4n) is 4.83.